The van der Waals surface area contributed by atoms with Crippen molar-refractivity contribution in [2.75, 3.05) is 18.6 Å². The van der Waals surface area contributed by atoms with E-state index >= 15 is 0 Å². The molecular formula is C9H11N3O3. The van der Waals surface area contributed by atoms with E-state index in [2.05, 4.69) is 10.4 Å². The Bertz CT molecular complexity index is 481. The predicted octanol–water partition coefficient (Wildman–Crippen LogP) is -0.0167. The van der Waals surface area contributed by atoms with Gasteiger partial charge in [0, 0.05) is 12.1 Å². The molecule has 0 aliphatic rings. The first-order valence-electron chi connectivity index (χ1n) is 4.46. The molecule has 0 aliphatic heterocycles. The van der Waals surface area contributed by atoms with Gasteiger partial charge in [-0.25, -0.2) is 9.66 Å². The summed E-state index contributed by atoms with van der Waals surface area (Å²) in [5.41, 5.74) is 4.08. The summed E-state index contributed by atoms with van der Waals surface area (Å²) in [6.07, 6.45) is 1.51. The summed E-state index contributed by atoms with van der Waals surface area (Å²) >= 11 is 0. The van der Waals surface area contributed by atoms with E-state index < -0.39 is 0 Å². The van der Waals surface area contributed by atoms with Gasteiger partial charge in [0.1, 0.15) is 6.33 Å². The summed E-state index contributed by atoms with van der Waals surface area (Å²) in [7, 11) is 0. The Morgan fingerprint density at radius 3 is 2.73 bits per heavy atom. The number of benzene rings is 1. The van der Waals surface area contributed by atoms with Gasteiger partial charge in [0.15, 0.2) is 11.5 Å². The van der Waals surface area contributed by atoms with Crippen LogP contribution in [-0.2, 0) is 0 Å². The molecule has 4 N–H and O–H groups in total. The van der Waals surface area contributed by atoms with Gasteiger partial charge in [-0.15, -0.1) is 0 Å². The second-order valence-corrected chi connectivity index (χ2v) is 3.08. The minimum atomic E-state index is -0.199. The van der Waals surface area contributed by atoms with Crippen LogP contribution in [0.15, 0.2) is 18.5 Å². The molecule has 6 heteroatoms. The van der Waals surface area contributed by atoms with Crippen molar-refractivity contribution in [1.29, 1.82) is 0 Å². The van der Waals surface area contributed by atoms with Gasteiger partial charge in [-0.2, -0.15) is 0 Å². The Morgan fingerprint density at radius 2 is 2.00 bits per heavy atom. The Hall–Kier alpha value is -1.95. The molecule has 80 valence electrons. The average molecular weight is 209 g/mol. The van der Waals surface area contributed by atoms with E-state index in [-0.39, 0.29) is 18.1 Å². The Labute approximate surface area is 85.4 Å². The first-order chi connectivity index (χ1) is 7.22. The van der Waals surface area contributed by atoms with Crippen LogP contribution in [0, 0.1) is 0 Å². The molecule has 0 aliphatic carbocycles. The summed E-state index contributed by atoms with van der Waals surface area (Å²) < 4.78 is 1.57. The van der Waals surface area contributed by atoms with Gasteiger partial charge in [0.2, 0.25) is 0 Å². The Kier molecular flexibility index (Phi) is 2.34. The summed E-state index contributed by atoms with van der Waals surface area (Å²) in [4.78, 5) is 4.02. The zero-order valence-corrected chi connectivity index (χ0v) is 7.88. The number of fused-ring (bicyclic) bond motifs is 1. The Morgan fingerprint density at radius 1 is 1.27 bits per heavy atom. The molecule has 0 atom stereocenters. The lowest BCUT2D eigenvalue weighted by Gasteiger charge is -2.06. The highest BCUT2D eigenvalue weighted by Crippen LogP contribution is 2.28. The smallest absolute Gasteiger partial charge is 0.159 e. The molecule has 6 nitrogen and oxygen atoms in total. The van der Waals surface area contributed by atoms with Gasteiger partial charge in [-0.05, 0) is 0 Å². The van der Waals surface area contributed by atoms with Crippen LogP contribution in [0.5, 0.6) is 11.5 Å². The van der Waals surface area contributed by atoms with E-state index in [9.17, 15) is 10.2 Å². The number of aliphatic hydroxyl groups excluding tert-OH is 1. The lowest BCUT2D eigenvalue weighted by molar-refractivity contribution is 0.307. The Balaban J connectivity index is 2.45. The molecule has 0 saturated carbocycles. The molecule has 1 aromatic carbocycles. The van der Waals surface area contributed by atoms with Crippen molar-refractivity contribution in [3.8, 4) is 11.5 Å². The molecule has 0 bridgehead atoms. The van der Waals surface area contributed by atoms with Gasteiger partial charge in [0.25, 0.3) is 0 Å². The normalized spacial score (nSPS) is 10.7. The van der Waals surface area contributed by atoms with Crippen LogP contribution in [0.4, 0.5) is 0 Å². The summed E-state index contributed by atoms with van der Waals surface area (Å²) in [6, 6.07) is 2.78. The maximum absolute atomic E-state index is 9.32. The van der Waals surface area contributed by atoms with Crippen LogP contribution in [0.3, 0.4) is 0 Å². The highest BCUT2D eigenvalue weighted by atomic mass is 16.3. The van der Waals surface area contributed by atoms with Crippen LogP contribution in [-0.4, -0.2) is 38.1 Å². The monoisotopic (exact) mass is 209 g/mol. The van der Waals surface area contributed by atoms with E-state index in [4.69, 9.17) is 5.11 Å². The average Bonchev–Trinajstić information content (AvgIpc) is 2.59. The number of hydrogen-bond acceptors (Lipinski definition) is 5. The fourth-order valence-corrected chi connectivity index (χ4v) is 1.33. The van der Waals surface area contributed by atoms with E-state index in [1.54, 1.807) is 4.68 Å². The quantitative estimate of drug-likeness (QED) is 0.533. The lowest BCUT2D eigenvalue weighted by Crippen LogP contribution is -2.17. The van der Waals surface area contributed by atoms with Gasteiger partial charge in [-0.3, -0.25) is 0 Å². The molecule has 2 rings (SSSR count). The van der Waals surface area contributed by atoms with E-state index in [1.807, 2.05) is 0 Å². The number of phenols is 2. The van der Waals surface area contributed by atoms with Gasteiger partial charge >= 0.3 is 0 Å². The number of phenolic OH excluding ortho intramolecular Hbond substituents is 2. The maximum atomic E-state index is 9.32. The number of nitrogens with zero attached hydrogens (tertiary/aromatic N) is 2. The SMILES string of the molecule is OCCNn1cnc2cc(O)c(O)cc21. The number of rotatable bonds is 3. The molecule has 0 spiro atoms. The number of aliphatic hydroxyl groups is 1. The second kappa shape index (κ2) is 3.66. The molecule has 15 heavy (non-hydrogen) atoms. The largest absolute Gasteiger partial charge is 0.504 e. The second-order valence-electron chi connectivity index (χ2n) is 3.08. The van der Waals surface area contributed by atoms with Crippen molar-refractivity contribution >= 4 is 11.0 Å². The van der Waals surface area contributed by atoms with Gasteiger partial charge in [0.05, 0.1) is 24.2 Å². The number of aromatic hydroxyl groups is 2. The van der Waals surface area contributed by atoms with Crippen LogP contribution in [0.25, 0.3) is 11.0 Å². The van der Waals surface area contributed by atoms with E-state index in [0.717, 1.165) is 0 Å². The van der Waals surface area contributed by atoms with Gasteiger partial charge in [-0.1, -0.05) is 0 Å². The van der Waals surface area contributed by atoms with Crippen LogP contribution >= 0.6 is 0 Å². The summed E-state index contributed by atoms with van der Waals surface area (Å²) in [5, 5.41) is 27.2. The number of imidazole rings is 1. The number of aromatic nitrogens is 2. The van der Waals surface area contributed by atoms with Crippen LogP contribution in [0.1, 0.15) is 0 Å². The van der Waals surface area contributed by atoms with Crippen molar-refractivity contribution in [3.63, 3.8) is 0 Å². The fraction of sp³-hybridized carbons (Fsp3) is 0.222. The molecule has 0 unspecified atom stereocenters. The third kappa shape index (κ3) is 1.66. The molecule has 0 fully saturated rings. The first-order valence-corrected chi connectivity index (χ1v) is 4.46. The fourth-order valence-electron chi connectivity index (χ4n) is 1.33. The van der Waals surface area contributed by atoms with E-state index in [0.29, 0.717) is 17.6 Å². The minimum absolute atomic E-state index is 0.00371. The zero-order valence-electron chi connectivity index (χ0n) is 7.88. The molecule has 0 radical (unpaired) electrons. The third-order valence-electron chi connectivity index (χ3n) is 2.04. The minimum Gasteiger partial charge on any atom is -0.504 e. The lowest BCUT2D eigenvalue weighted by atomic mass is 10.3. The maximum Gasteiger partial charge on any atom is 0.159 e. The van der Waals surface area contributed by atoms with Gasteiger partial charge < -0.3 is 20.7 Å². The number of hydrogen-bond donors (Lipinski definition) is 4. The molecule has 0 amide bonds. The first kappa shape index (κ1) is 9.60. The molecule has 1 heterocycles. The predicted molar refractivity (Wildman–Crippen MR) is 54.4 cm³/mol. The van der Waals surface area contributed by atoms with Crippen molar-refractivity contribution in [1.82, 2.24) is 9.66 Å². The van der Waals surface area contributed by atoms with Crippen LogP contribution < -0.4 is 5.43 Å². The molecule has 0 saturated heterocycles. The topological polar surface area (TPSA) is 90.5 Å². The van der Waals surface area contributed by atoms with Crippen molar-refractivity contribution in [2.45, 2.75) is 0 Å². The highest BCUT2D eigenvalue weighted by molar-refractivity contribution is 5.79. The van der Waals surface area contributed by atoms with Crippen molar-refractivity contribution in [3.05, 3.63) is 18.5 Å². The summed E-state index contributed by atoms with van der Waals surface area (Å²) in [5.74, 6) is -0.398. The van der Waals surface area contributed by atoms with Crippen molar-refractivity contribution < 1.29 is 15.3 Å². The van der Waals surface area contributed by atoms with E-state index in [1.165, 1.54) is 18.5 Å². The van der Waals surface area contributed by atoms with Crippen molar-refractivity contribution in [2.24, 2.45) is 0 Å². The van der Waals surface area contributed by atoms with Crippen LogP contribution in [0.2, 0.25) is 0 Å². The molecular weight excluding hydrogens is 198 g/mol. The highest BCUT2D eigenvalue weighted by Gasteiger charge is 2.07. The number of nitrogens with one attached hydrogen (secondary N) is 1. The standard InChI is InChI=1S/C9H11N3O3/c13-2-1-11-12-5-10-6-3-8(14)9(15)4-7(6)12/h3-5,11,13-15H,1-2H2. The zero-order chi connectivity index (χ0) is 10.8. The molecule has 1 aromatic heterocycles. The molecule has 2 aromatic rings. The summed E-state index contributed by atoms with van der Waals surface area (Å²) in [6.45, 7) is 0.386. The third-order valence-corrected chi connectivity index (χ3v) is 2.04.